The van der Waals surface area contributed by atoms with Gasteiger partial charge in [0.05, 0.1) is 17.2 Å². The van der Waals surface area contributed by atoms with Crippen LogP contribution in [0.25, 0.3) is 10.1 Å². The Balaban J connectivity index is 2.61. The second-order valence-corrected chi connectivity index (χ2v) is 4.80. The molecule has 0 spiro atoms. The van der Waals surface area contributed by atoms with E-state index < -0.39 is 0 Å². The van der Waals surface area contributed by atoms with Gasteiger partial charge >= 0.3 is 5.97 Å². The molecule has 78 valence electrons. The Morgan fingerprint density at radius 2 is 1.93 bits per heavy atom. The standard InChI is InChI=1S/C10H6Cl2O2S/c1-14-10(13)9-3-5-2-6(11)7(12)4-8(5)15-9/h2-4H,1H3. The summed E-state index contributed by atoms with van der Waals surface area (Å²) in [6.07, 6.45) is 0. The number of methoxy groups -OCH3 is 1. The predicted molar refractivity (Wildman–Crippen MR) is 63.2 cm³/mol. The molecule has 2 nitrogen and oxygen atoms in total. The fourth-order valence-electron chi connectivity index (χ4n) is 1.24. The van der Waals surface area contributed by atoms with Crippen molar-refractivity contribution in [2.45, 2.75) is 0 Å². The zero-order chi connectivity index (χ0) is 11.0. The van der Waals surface area contributed by atoms with Crippen LogP contribution in [0.3, 0.4) is 0 Å². The van der Waals surface area contributed by atoms with Gasteiger partial charge in [0.25, 0.3) is 0 Å². The van der Waals surface area contributed by atoms with Crippen LogP contribution in [0.4, 0.5) is 0 Å². The Hall–Kier alpha value is -0.770. The van der Waals surface area contributed by atoms with E-state index in [2.05, 4.69) is 4.74 Å². The summed E-state index contributed by atoms with van der Waals surface area (Å²) >= 11 is 13.1. The van der Waals surface area contributed by atoms with Crippen LogP contribution < -0.4 is 0 Å². The topological polar surface area (TPSA) is 26.3 Å². The van der Waals surface area contributed by atoms with Crippen molar-refractivity contribution in [1.29, 1.82) is 0 Å². The van der Waals surface area contributed by atoms with Crippen molar-refractivity contribution >= 4 is 50.6 Å². The number of thiophene rings is 1. The molecule has 0 aliphatic carbocycles. The Morgan fingerprint density at radius 3 is 2.60 bits per heavy atom. The number of esters is 1. The lowest BCUT2D eigenvalue weighted by atomic mass is 10.2. The number of carbonyl (C=O) groups is 1. The quantitative estimate of drug-likeness (QED) is 0.725. The molecule has 0 fully saturated rings. The molecule has 0 saturated carbocycles. The van der Waals surface area contributed by atoms with Gasteiger partial charge in [-0.25, -0.2) is 4.79 Å². The summed E-state index contributed by atoms with van der Waals surface area (Å²) in [7, 11) is 1.35. The third-order valence-electron chi connectivity index (χ3n) is 1.95. The highest BCUT2D eigenvalue weighted by Gasteiger charge is 2.11. The van der Waals surface area contributed by atoms with Crippen LogP contribution in [0.5, 0.6) is 0 Å². The molecular formula is C10H6Cl2O2S. The molecule has 0 radical (unpaired) electrons. The lowest BCUT2D eigenvalue weighted by molar-refractivity contribution is 0.0606. The smallest absolute Gasteiger partial charge is 0.348 e. The number of halogens is 2. The Labute approximate surface area is 100 Å². The highest BCUT2D eigenvalue weighted by molar-refractivity contribution is 7.20. The second-order valence-electron chi connectivity index (χ2n) is 2.91. The van der Waals surface area contributed by atoms with Crippen molar-refractivity contribution in [2.75, 3.05) is 7.11 Å². The summed E-state index contributed by atoms with van der Waals surface area (Å²) in [5.41, 5.74) is 0. The average molecular weight is 261 g/mol. The van der Waals surface area contributed by atoms with Crippen LogP contribution in [0.1, 0.15) is 9.67 Å². The van der Waals surface area contributed by atoms with Crippen LogP contribution in [0, 0.1) is 0 Å². The molecule has 1 aromatic heterocycles. The summed E-state index contributed by atoms with van der Waals surface area (Å²) in [6, 6.07) is 5.23. The summed E-state index contributed by atoms with van der Waals surface area (Å²) in [4.78, 5) is 11.8. The average Bonchev–Trinajstić information content (AvgIpc) is 2.60. The highest BCUT2D eigenvalue weighted by Crippen LogP contribution is 2.33. The fraction of sp³-hybridized carbons (Fsp3) is 0.100. The molecule has 2 aromatic rings. The number of rotatable bonds is 1. The van der Waals surface area contributed by atoms with E-state index in [4.69, 9.17) is 23.2 Å². The molecular weight excluding hydrogens is 255 g/mol. The van der Waals surface area contributed by atoms with Crippen LogP contribution in [0.2, 0.25) is 10.0 Å². The SMILES string of the molecule is COC(=O)c1cc2cc(Cl)c(Cl)cc2s1. The first-order valence-electron chi connectivity index (χ1n) is 4.08. The molecule has 0 atom stereocenters. The predicted octanol–water partition coefficient (Wildman–Crippen LogP) is 3.99. The van der Waals surface area contributed by atoms with E-state index in [1.807, 2.05) is 0 Å². The summed E-state index contributed by atoms with van der Waals surface area (Å²) in [5.74, 6) is -0.344. The molecule has 0 N–H and O–H groups in total. The van der Waals surface area contributed by atoms with Crippen molar-refractivity contribution < 1.29 is 9.53 Å². The Bertz CT molecular complexity index is 494. The number of ether oxygens (including phenoxy) is 1. The number of benzene rings is 1. The fourth-order valence-corrected chi connectivity index (χ4v) is 2.64. The molecule has 5 heteroatoms. The first-order valence-corrected chi connectivity index (χ1v) is 5.66. The highest BCUT2D eigenvalue weighted by atomic mass is 35.5. The zero-order valence-electron chi connectivity index (χ0n) is 7.71. The maximum Gasteiger partial charge on any atom is 0.348 e. The number of fused-ring (bicyclic) bond motifs is 1. The van der Waals surface area contributed by atoms with E-state index in [0.717, 1.165) is 10.1 Å². The van der Waals surface area contributed by atoms with Gasteiger partial charge in [0.1, 0.15) is 4.88 Å². The van der Waals surface area contributed by atoms with E-state index in [1.54, 1.807) is 18.2 Å². The van der Waals surface area contributed by atoms with Crippen molar-refractivity contribution in [3.05, 3.63) is 33.1 Å². The summed E-state index contributed by atoms with van der Waals surface area (Å²) in [6.45, 7) is 0. The zero-order valence-corrected chi connectivity index (χ0v) is 10.0. The third kappa shape index (κ3) is 1.95. The van der Waals surface area contributed by atoms with Gasteiger partial charge in [0, 0.05) is 4.70 Å². The van der Waals surface area contributed by atoms with Gasteiger partial charge in [0.2, 0.25) is 0 Å². The van der Waals surface area contributed by atoms with Gasteiger partial charge in [0.15, 0.2) is 0 Å². The molecule has 0 amide bonds. The normalized spacial score (nSPS) is 10.6. The number of carbonyl (C=O) groups excluding carboxylic acids is 1. The molecule has 1 heterocycles. The summed E-state index contributed by atoms with van der Waals surface area (Å²) < 4.78 is 5.55. The Morgan fingerprint density at radius 1 is 1.27 bits per heavy atom. The van der Waals surface area contributed by atoms with Gasteiger partial charge in [-0.2, -0.15) is 0 Å². The van der Waals surface area contributed by atoms with Crippen molar-refractivity contribution in [1.82, 2.24) is 0 Å². The van der Waals surface area contributed by atoms with E-state index in [9.17, 15) is 4.79 Å². The van der Waals surface area contributed by atoms with Crippen molar-refractivity contribution in [2.24, 2.45) is 0 Å². The summed E-state index contributed by atoms with van der Waals surface area (Å²) in [5, 5.41) is 1.87. The lowest BCUT2D eigenvalue weighted by Crippen LogP contribution is -1.96. The van der Waals surface area contributed by atoms with Crippen LogP contribution in [-0.2, 0) is 4.74 Å². The Kier molecular flexibility index (Phi) is 2.87. The molecule has 0 saturated heterocycles. The minimum Gasteiger partial charge on any atom is -0.465 e. The first kappa shape index (κ1) is 10.7. The minimum atomic E-state index is -0.344. The molecule has 0 bridgehead atoms. The minimum absolute atomic E-state index is 0.344. The lowest BCUT2D eigenvalue weighted by Gasteiger charge is -1.93. The third-order valence-corrected chi connectivity index (χ3v) is 3.75. The monoisotopic (exact) mass is 260 g/mol. The van der Waals surface area contributed by atoms with Crippen LogP contribution in [-0.4, -0.2) is 13.1 Å². The van der Waals surface area contributed by atoms with E-state index in [1.165, 1.54) is 18.4 Å². The second kappa shape index (κ2) is 4.00. The van der Waals surface area contributed by atoms with Gasteiger partial charge in [-0.1, -0.05) is 23.2 Å². The molecule has 0 unspecified atom stereocenters. The van der Waals surface area contributed by atoms with Crippen LogP contribution >= 0.6 is 34.5 Å². The molecule has 15 heavy (non-hydrogen) atoms. The maximum atomic E-state index is 11.3. The number of hydrogen-bond acceptors (Lipinski definition) is 3. The molecule has 2 rings (SSSR count). The van der Waals surface area contributed by atoms with Gasteiger partial charge in [-0.15, -0.1) is 11.3 Å². The van der Waals surface area contributed by atoms with Gasteiger partial charge in [-0.3, -0.25) is 0 Å². The maximum absolute atomic E-state index is 11.3. The molecule has 0 aliphatic heterocycles. The molecule has 0 aliphatic rings. The first-order chi connectivity index (χ1) is 7.11. The van der Waals surface area contributed by atoms with E-state index in [0.29, 0.717) is 14.9 Å². The van der Waals surface area contributed by atoms with E-state index >= 15 is 0 Å². The van der Waals surface area contributed by atoms with Crippen molar-refractivity contribution in [3.8, 4) is 0 Å². The van der Waals surface area contributed by atoms with Crippen LogP contribution in [0.15, 0.2) is 18.2 Å². The number of hydrogen-bond donors (Lipinski definition) is 0. The molecule has 1 aromatic carbocycles. The largest absolute Gasteiger partial charge is 0.465 e. The van der Waals surface area contributed by atoms with Gasteiger partial charge in [-0.05, 0) is 23.6 Å². The van der Waals surface area contributed by atoms with E-state index in [-0.39, 0.29) is 5.97 Å². The van der Waals surface area contributed by atoms with Gasteiger partial charge < -0.3 is 4.74 Å². The van der Waals surface area contributed by atoms with Crippen molar-refractivity contribution in [3.63, 3.8) is 0 Å².